The third-order valence-electron chi connectivity index (χ3n) is 2.47. The van der Waals surface area contributed by atoms with Crippen LogP contribution < -0.4 is 5.32 Å². The van der Waals surface area contributed by atoms with Crippen molar-refractivity contribution in [3.63, 3.8) is 0 Å². The molecule has 1 heterocycles. The van der Waals surface area contributed by atoms with Gasteiger partial charge in [-0.3, -0.25) is 4.79 Å². The van der Waals surface area contributed by atoms with Crippen molar-refractivity contribution < 1.29 is 4.79 Å². The van der Waals surface area contributed by atoms with Gasteiger partial charge in [-0.2, -0.15) is 0 Å². The number of nitrogens with zero attached hydrogens (tertiary/aromatic N) is 2. The Labute approximate surface area is 110 Å². The lowest BCUT2D eigenvalue weighted by Gasteiger charge is -2.04. The van der Waals surface area contributed by atoms with E-state index in [1.807, 2.05) is 38.1 Å². The van der Waals surface area contributed by atoms with E-state index in [4.69, 9.17) is 0 Å². The van der Waals surface area contributed by atoms with E-state index >= 15 is 0 Å². The Bertz CT molecular complexity index is 551. The van der Waals surface area contributed by atoms with Gasteiger partial charge in [0.05, 0.1) is 0 Å². The summed E-state index contributed by atoms with van der Waals surface area (Å²) in [6, 6.07) is 7.56. The van der Waals surface area contributed by atoms with Gasteiger partial charge >= 0.3 is 0 Å². The molecule has 0 fully saturated rings. The molecule has 1 aromatic carbocycles. The van der Waals surface area contributed by atoms with E-state index in [2.05, 4.69) is 15.5 Å². The summed E-state index contributed by atoms with van der Waals surface area (Å²) < 4.78 is 0. The Morgan fingerprint density at radius 1 is 1.33 bits per heavy atom. The molecule has 0 saturated carbocycles. The van der Waals surface area contributed by atoms with Crippen molar-refractivity contribution in [1.82, 2.24) is 15.5 Å². The second-order valence-corrected chi connectivity index (χ2v) is 5.36. The average Bonchev–Trinajstić information content (AvgIpc) is 2.75. The molecule has 2 aromatic rings. The minimum Gasteiger partial charge on any atom is -0.352 e. The van der Waals surface area contributed by atoms with Crippen LogP contribution in [0.3, 0.4) is 0 Å². The predicted molar refractivity (Wildman–Crippen MR) is 71.9 cm³/mol. The zero-order valence-electron chi connectivity index (χ0n) is 10.4. The molecule has 0 unspecified atom stereocenters. The molecular formula is C13H15N3OS. The Kier molecular flexibility index (Phi) is 4.04. The Morgan fingerprint density at radius 2 is 2.17 bits per heavy atom. The largest absolute Gasteiger partial charge is 0.352 e. The molecule has 94 valence electrons. The fourth-order valence-electron chi connectivity index (χ4n) is 1.61. The van der Waals surface area contributed by atoms with Crippen molar-refractivity contribution in [2.45, 2.75) is 20.3 Å². The Morgan fingerprint density at radius 3 is 2.83 bits per heavy atom. The smallest absolute Gasteiger partial charge is 0.251 e. The summed E-state index contributed by atoms with van der Waals surface area (Å²) in [6.07, 6.45) is 0.725. The minimum absolute atomic E-state index is 0.0417. The van der Waals surface area contributed by atoms with E-state index in [0.29, 0.717) is 12.1 Å². The number of amides is 1. The maximum atomic E-state index is 11.8. The highest BCUT2D eigenvalue weighted by Gasteiger charge is 2.05. The second kappa shape index (κ2) is 5.73. The number of hydrogen-bond donors (Lipinski definition) is 1. The Hall–Kier alpha value is -1.75. The summed E-state index contributed by atoms with van der Waals surface area (Å²) in [5, 5.41) is 12.7. The lowest BCUT2D eigenvalue weighted by atomic mass is 10.1. The van der Waals surface area contributed by atoms with Crippen molar-refractivity contribution in [2.24, 2.45) is 0 Å². The quantitative estimate of drug-likeness (QED) is 0.917. The molecule has 2 rings (SSSR count). The maximum Gasteiger partial charge on any atom is 0.251 e. The molecule has 0 spiro atoms. The van der Waals surface area contributed by atoms with E-state index in [0.717, 1.165) is 22.0 Å². The molecule has 5 heteroatoms. The van der Waals surface area contributed by atoms with Crippen molar-refractivity contribution >= 4 is 17.2 Å². The van der Waals surface area contributed by atoms with E-state index in [-0.39, 0.29) is 5.91 Å². The topological polar surface area (TPSA) is 54.9 Å². The van der Waals surface area contributed by atoms with E-state index in [9.17, 15) is 4.79 Å². The lowest BCUT2D eigenvalue weighted by Crippen LogP contribution is -2.25. The van der Waals surface area contributed by atoms with Gasteiger partial charge in [-0.25, -0.2) is 0 Å². The maximum absolute atomic E-state index is 11.8. The van der Waals surface area contributed by atoms with Crippen LogP contribution >= 0.6 is 11.3 Å². The molecule has 1 aromatic heterocycles. The molecule has 0 aliphatic heterocycles. The highest BCUT2D eigenvalue weighted by Crippen LogP contribution is 2.08. The molecule has 0 aliphatic rings. The van der Waals surface area contributed by atoms with Gasteiger partial charge in [0, 0.05) is 18.5 Å². The number of nitrogens with one attached hydrogen (secondary N) is 1. The number of aromatic nitrogens is 2. The molecular weight excluding hydrogens is 246 g/mol. The number of carbonyl (C=O) groups excluding carboxylic acids is 1. The average molecular weight is 261 g/mol. The first-order valence-corrected chi connectivity index (χ1v) is 6.60. The monoisotopic (exact) mass is 261 g/mol. The van der Waals surface area contributed by atoms with Gasteiger partial charge in [-0.1, -0.05) is 17.7 Å². The number of rotatable bonds is 4. The van der Waals surface area contributed by atoms with E-state index < -0.39 is 0 Å². The lowest BCUT2D eigenvalue weighted by molar-refractivity contribution is 0.0954. The van der Waals surface area contributed by atoms with Crippen LogP contribution in [0.4, 0.5) is 0 Å². The normalized spacial score (nSPS) is 10.3. The molecule has 1 amide bonds. The highest BCUT2D eigenvalue weighted by molar-refractivity contribution is 7.11. The zero-order valence-corrected chi connectivity index (χ0v) is 11.3. The van der Waals surface area contributed by atoms with Crippen LogP contribution in [0.5, 0.6) is 0 Å². The first kappa shape index (κ1) is 12.7. The van der Waals surface area contributed by atoms with Crippen molar-refractivity contribution in [3.05, 3.63) is 45.4 Å². The first-order chi connectivity index (χ1) is 8.65. The molecule has 0 atom stereocenters. The number of benzene rings is 1. The van der Waals surface area contributed by atoms with Gasteiger partial charge < -0.3 is 5.32 Å². The summed E-state index contributed by atoms with van der Waals surface area (Å²) >= 11 is 1.56. The van der Waals surface area contributed by atoms with Crippen LogP contribution in [-0.4, -0.2) is 22.6 Å². The minimum atomic E-state index is -0.0417. The number of hydrogen-bond acceptors (Lipinski definition) is 4. The first-order valence-electron chi connectivity index (χ1n) is 5.79. The fourth-order valence-corrected chi connectivity index (χ4v) is 2.32. The van der Waals surface area contributed by atoms with Gasteiger partial charge in [-0.05, 0) is 26.0 Å². The SMILES string of the molecule is Cc1cccc(C(=O)NCCc2nnc(C)s2)c1. The van der Waals surface area contributed by atoms with Gasteiger partial charge in [0.25, 0.3) is 5.91 Å². The second-order valence-electron chi connectivity index (χ2n) is 4.09. The fraction of sp³-hybridized carbons (Fsp3) is 0.308. The summed E-state index contributed by atoms with van der Waals surface area (Å²) in [7, 11) is 0. The number of carbonyl (C=O) groups is 1. The summed E-state index contributed by atoms with van der Waals surface area (Å²) in [4.78, 5) is 11.8. The van der Waals surface area contributed by atoms with Gasteiger partial charge in [0.1, 0.15) is 10.0 Å². The van der Waals surface area contributed by atoms with Crippen LogP contribution in [-0.2, 0) is 6.42 Å². The van der Waals surface area contributed by atoms with Crippen LogP contribution in [0, 0.1) is 13.8 Å². The van der Waals surface area contributed by atoms with Crippen LogP contribution in [0.2, 0.25) is 0 Å². The highest BCUT2D eigenvalue weighted by atomic mass is 32.1. The summed E-state index contributed by atoms with van der Waals surface area (Å²) in [5.74, 6) is -0.0417. The third kappa shape index (κ3) is 3.37. The van der Waals surface area contributed by atoms with Crippen LogP contribution in [0.25, 0.3) is 0 Å². The van der Waals surface area contributed by atoms with Crippen LogP contribution in [0.15, 0.2) is 24.3 Å². The van der Waals surface area contributed by atoms with Crippen molar-refractivity contribution in [1.29, 1.82) is 0 Å². The van der Waals surface area contributed by atoms with Crippen molar-refractivity contribution in [2.75, 3.05) is 6.54 Å². The zero-order chi connectivity index (χ0) is 13.0. The standard InChI is InChI=1S/C13H15N3OS/c1-9-4-3-5-11(8-9)13(17)14-7-6-12-16-15-10(2)18-12/h3-5,8H,6-7H2,1-2H3,(H,14,17). The van der Waals surface area contributed by atoms with Crippen molar-refractivity contribution in [3.8, 4) is 0 Å². The molecule has 0 saturated heterocycles. The summed E-state index contributed by atoms with van der Waals surface area (Å²) in [5.41, 5.74) is 1.78. The van der Waals surface area contributed by atoms with Gasteiger partial charge in [0.15, 0.2) is 0 Å². The molecule has 4 nitrogen and oxygen atoms in total. The molecule has 0 aliphatic carbocycles. The molecule has 0 radical (unpaired) electrons. The molecule has 18 heavy (non-hydrogen) atoms. The Balaban J connectivity index is 1.85. The van der Waals surface area contributed by atoms with Crippen LogP contribution in [0.1, 0.15) is 25.9 Å². The predicted octanol–water partition coefficient (Wildman–Crippen LogP) is 2.13. The molecule has 1 N–H and O–H groups in total. The van der Waals surface area contributed by atoms with Gasteiger partial charge in [0.2, 0.25) is 0 Å². The number of aryl methyl sites for hydroxylation is 2. The molecule has 0 bridgehead atoms. The van der Waals surface area contributed by atoms with E-state index in [1.165, 1.54) is 0 Å². The van der Waals surface area contributed by atoms with Gasteiger partial charge in [-0.15, -0.1) is 21.5 Å². The van der Waals surface area contributed by atoms with E-state index in [1.54, 1.807) is 11.3 Å². The summed E-state index contributed by atoms with van der Waals surface area (Å²) in [6.45, 7) is 4.48. The third-order valence-corrected chi connectivity index (χ3v) is 3.37.